The summed E-state index contributed by atoms with van der Waals surface area (Å²) in [7, 11) is 0. The molecule has 1 heterocycles. The number of amides is 4. The number of nitrogens with one attached hydrogen (secondary N) is 2. The van der Waals surface area contributed by atoms with Crippen molar-refractivity contribution in [3.05, 3.63) is 101 Å². The fraction of sp³-hybridized carbons (Fsp3) is 0.276. The molecule has 1 aliphatic rings. The molecule has 4 rings (SSSR count). The summed E-state index contributed by atoms with van der Waals surface area (Å²) in [6, 6.07) is 23.7. The van der Waals surface area contributed by atoms with Crippen LogP contribution < -0.4 is 10.6 Å². The minimum absolute atomic E-state index is 0.00342. The van der Waals surface area contributed by atoms with Crippen molar-refractivity contribution in [1.82, 2.24) is 15.1 Å². The standard InChI is InChI=1S/C29H32N4O3/c1-21-9-6-13-25(19-21)28(35)32-15-8-16-33(18-17-32)29(36)30-22(2)24-12-7-14-26(20-24)31-27(34)23-10-4-3-5-11-23/h3-7,9-14,19-20,22H,8,15-18H2,1-2H3,(H,30,36)(H,31,34). The van der Waals surface area contributed by atoms with Crippen molar-refractivity contribution in [3.8, 4) is 0 Å². The molecule has 7 heteroatoms. The highest BCUT2D eigenvalue weighted by molar-refractivity contribution is 6.04. The molecule has 3 aromatic rings. The summed E-state index contributed by atoms with van der Waals surface area (Å²) in [5, 5.41) is 5.97. The van der Waals surface area contributed by atoms with Gasteiger partial charge in [0.25, 0.3) is 11.8 Å². The molecule has 186 valence electrons. The number of nitrogens with zero attached hydrogens (tertiary/aromatic N) is 2. The zero-order valence-corrected chi connectivity index (χ0v) is 20.7. The fourth-order valence-electron chi connectivity index (χ4n) is 4.32. The topological polar surface area (TPSA) is 81.8 Å². The molecular weight excluding hydrogens is 452 g/mol. The van der Waals surface area contributed by atoms with Gasteiger partial charge in [0, 0.05) is 43.0 Å². The van der Waals surface area contributed by atoms with E-state index in [1.165, 1.54) is 0 Å². The molecule has 3 aromatic carbocycles. The van der Waals surface area contributed by atoms with Gasteiger partial charge < -0.3 is 20.4 Å². The lowest BCUT2D eigenvalue weighted by Crippen LogP contribution is -2.43. The largest absolute Gasteiger partial charge is 0.337 e. The lowest BCUT2D eigenvalue weighted by molar-refractivity contribution is 0.0762. The Morgan fingerprint density at radius 3 is 2.25 bits per heavy atom. The van der Waals surface area contributed by atoms with Gasteiger partial charge in [0.1, 0.15) is 0 Å². The van der Waals surface area contributed by atoms with E-state index < -0.39 is 0 Å². The number of hydrogen-bond donors (Lipinski definition) is 2. The van der Waals surface area contributed by atoms with Gasteiger partial charge in [-0.15, -0.1) is 0 Å². The van der Waals surface area contributed by atoms with Crippen molar-refractivity contribution in [1.29, 1.82) is 0 Å². The number of urea groups is 1. The van der Waals surface area contributed by atoms with Gasteiger partial charge in [0.05, 0.1) is 6.04 Å². The van der Waals surface area contributed by atoms with E-state index >= 15 is 0 Å². The maximum absolute atomic E-state index is 13.0. The van der Waals surface area contributed by atoms with Gasteiger partial charge in [0.15, 0.2) is 0 Å². The molecule has 36 heavy (non-hydrogen) atoms. The van der Waals surface area contributed by atoms with Crippen LogP contribution in [0.3, 0.4) is 0 Å². The molecule has 1 atom stereocenters. The van der Waals surface area contributed by atoms with Crippen LogP contribution >= 0.6 is 0 Å². The minimum atomic E-state index is -0.251. The van der Waals surface area contributed by atoms with Crippen molar-refractivity contribution < 1.29 is 14.4 Å². The van der Waals surface area contributed by atoms with Crippen LogP contribution in [0.1, 0.15) is 51.2 Å². The van der Waals surface area contributed by atoms with Gasteiger partial charge in [0.2, 0.25) is 0 Å². The van der Waals surface area contributed by atoms with Gasteiger partial charge in [-0.25, -0.2) is 4.79 Å². The normalized spacial score (nSPS) is 14.5. The van der Waals surface area contributed by atoms with Crippen molar-refractivity contribution in [2.75, 3.05) is 31.5 Å². The Balaban J connectivity index is 1.33. The molecule has 1 saturated heterocycles. The summed E-state index contributed by atoms with van der Waals surface area (Å²) in [6.45, 7) is 6.07. The number of carbonyl (C=O) groups is 3. The third kappa shape index (κ3) is 6.30. The summed E-state index contributed by atoms with van der Waals surface area (Å²) in [6.07, 6.45) is 0.723. The first-order valence-corrected chi connectivity index (χ1v) is 12.3. The Bertz CT molecular complexity index is 1230. The van der Waals surface area contributed by atoms with Crippen LogP contribution in [0.5, 0.6) is 0 Å². The first-order chi connectivity index (χ1) is 17.4. The summed E-state index contributed by atoms with van der Waals surface area (Å²) >= 11 is 0. The number of hydrogen-bond acceptors (Lipinski definition) is 3. The number of carbonyl (C=O) groups excluding carboxylic acids is 3. The summed E-state index contributed by atoms with van der Waals surface area (Å²) in [4.78, 5) is 42.0. The van der Waals surface area contributed by atoms with E-state index in [1.54, 1.807) is 17.0 Å². The lowest BCUT2D eigenvalue weighted by Gasteiger charge is -2.25. The monoisotopic (exact) mass is 484 g/mol. The van der Waals surface area contributed by atoms with E-state index in [0.29, 0.717) is 43.0 Å². The highest BCUT2D eigenvalue weighted by Crippen LogP contribution is 2.19. The Morgan fingerprint density at radius 2 is 1.47 bits per heavy atom. The quantitative estimate of drug-likeness (QED) is 0.542. The van der Waals surface area contributed by atoms with Crippen LogP contribution in [0, 0.1) is 6.92 Å². The van der Waals surface area contributed by atoms with Gasteiger partial charge in [-0.1, -0.05) is 48.0 Å². The second-order valence-electron chi connectivity index (χ2n) is 9.12. The van der Waals surface area contributed by atoms with E-state index in [-0.39, 0.29) is 23.9 Å². The molecule has 7 nitrogen and oxygen atoms in total. The first kappa shape index (κ1) is 25.0. The average Bonchev–Trinajstić information content (AvgIpc) is 3.15. The number of rotatable bonds is 5. The highest BCUT2D eigenvalue weighted by Gasteiger charge is 2.24. The van der Waals surface area contributed by atoms with Crippen molar-refractivity contribution in [2.24, 2.45) is 0 Å². The molecule has 0 spiro atoms. The van der Waals surface area contributed by atoms with E-state index in [9.17, 15) is 14.4 Å². The molecule has 1 fully saturated rings. The first-order valence-electron chi connectivity index (χ1n) is 12.3. The Labute approximate surface area is 212 Å². The van der Waals surface area contributed by atoms with E-state index in [2.05, 4.69) is 10.6 Å². The lowest BCUT2D eigenvalue weighted by atomic mass is 10.1. The molecule has 0 aliphatic carbocycles. The summed E-state index contributed by atoms with van der Waals surface area (Å²) in [5.41, 5.74) is 3.87. The van der Waals surface area contributed by atoms with Gasteiger partial charge in [-0.05, 0) is 62.2 Å². The molecule has 2 N–H and O–H groups in total. The van der Waals surface area contributed by atoms with Gasteiger partial charge >= 0.3 is 6.03 Å². The predicted molar refractivity (Wildman–Crippen MR) is 141 cm³/mol. The third-order valence-corrected chi connectivity index (χ3v) is 6.36. The predicted octanol–water partition coefficient (Wildman–Crippen LogP) is 4.87. The van der Waals surface area contributed by atoms with Crippen LogP contribution in [-0.2, 0) is 0 Å². The smallest absolute Gasteiger partial charge is 0.317 e. The van der Waals surface area contributed by atoms with E-state index in [4.69, 9.17) is 0 Å². The van der Waals surface area contributed by atoms with Crippen molar-refractivity contribution in [3.63, 3.8) is 0 Å². The van der Waals surface area contributed by atoms with E-state index in [1.807, 2.05) is 85.5 Å². The molecule has 4 amide bonds. The number of anilines is 1. The van der Waals surface area contributed by atoms with Gasteiger partial charge in [-0.3, -0.25) is 9.59 Å². The molecule has 1 aliphatic heterocycles. The zero-order valence-electron chi connectivity index (χ0n) is 20.7. The van der Waals surface area contributed by atoms with E-state index in [0.717, 1.165) is 17.5 Å². The van der Waals surface area contributed by atoms with Gasteiger partial charge in [-0.2, -0.15) is 0 Å². The zero-order chi connectivity index (χ0) is 25.5. The van der Waals surface area contributed by atoms with Crippen molar-refractivity contribution in [2.45, 2.75) is 26.3 Å². The molecule has 1 unspecified atom stereocenters. The van der Waals surface area contributed by atoms with Crippen LogP contribution in [0.4, 0.5) is 10.5 Å². The molecule has 0 radical (unpaired) electrons. The Kier molecular flexibility index (Phi) is 8.00. The van der Waals surface area contributed by atoms with Crippen LogP contribution in [0.15, 0.2) is 78.9 Å². The molecule has 0 bridgehead atoms. The van der Waals surface area contributed by atoms with Crippen LogP contribution in [0.2, 0.25) is 0 Å². The summed E-state index contributed by atoms with van der Waals surface area (Å²) < 4.78 is 0. The molecule has 0 aromatic heterocycles. The maximum Gasteiger partial charge on any atom is 0.317 e. The maximum atomic E-state index is 13.0. The summed E-state index contributed by atoms with van der Waals surface area (Å²) in [5.74, 6) is -0.178. The van der Waals surface area contributed by atoms with Crippen LogP contribution in [-0.4, -0.2) is 53.8 Å². The minimum Gasteiger partial charge on any atom is -0.337 e. The number of benzene rings is 3. The van der Waals surface area contributed by atoms with Crippen molar-refractivity contribution >= 4 is 23.5 Å². The second-order valence-corrected chi connectivity index (χ2v) is 9.12. The Morgan fingerprint density at radius 1 is 0.778 bits per heavy atom. The average molecular weight is 485 g/mol. The Hall–Kier alpha value is -4.13. The molecular formula is C29H32N4O3. The molecule has 0 saturated carbocycles. The highest BCUT2D eigenvalue weighted by atomic mass is 16.2. The SMILES string of the molecule is Cc1cccc(C(=O)N2CCCN(C(=O)NC(C)c3cccc(NC(=O)c4ccccc4)c3)CC2)c1. The fourth-order valence-corrected chi connectivity index (χ4v) is 4.32. The second kappa shape index (κ2) is 11.5. The third-order valence-electron chi connectivity index (χ3n) is 6.36. The number of aryl methyl sites for hydroxylation is 1. The van der Waals surface area contributed by atoms with Crippen LogP contribution in [0.25, 0.3) is 0 Å².